The van der Waals surface area contributed by atoms with Crippen molar-refractivity contribution < 1.29 is 23.8 Å². The number of ether oxygens (including phenoxy) is 3. The molecule has 1 unspecified atom stereocenters. The monoisotopic (exact) mass is 422 g/mol. The lowest BCUT2D eigenvalue weighted by molar-refractivity contribution is -0.156. The number of anilines is 1. The van der Waals surface area contributed by atoms with Crippen molar-refractivity contribution in [2.45, 2.75) is 46.4 Å². The van der Waals surface area contributed by atoms with Gasteiger partial charge in [-0.2, -0.15) is 0 Å². The lowest BCUT2D eigenvalue weighted by atomic mass is 10.1. The number of esters is 2. The predicted octanol–water partition coefficient (Wildman–Crippen LogP) is 3.79. The maximum Gasteiger partial charge on any atom is 0.350 e. The van der Waals surface area contributed by atoms with Gasteiger partial charge in [0.15, 0.2) is 6.17 Å². The van der Waals surface area contributed by atoms with Gasteiger partial charge in [0.1, 0.15) is 16.2 Å². The maximum absolute atomic E-state index is 12.8. The number of hydrogen-bond acceptors (Lipinski definition) is 8. The highest BCUT2D eigenvalue weighted by molar-refractivity contribution is 7.21. The number of rotatable bonds is 7. The van der Waals surface area contributed by atoms with Crippen LogP contribution in [0.5, 0.6) is 5.75 Å². The Labute approximate surface area is 175 Å². The van der Waals surface area contributed by atoms with Crippen LogP contribution in [0.4, 0.5) is 5.69 Å². The first kappa shape index (κ1) is 23.0. The van der Waals surface area contributed by atoms with E-state index in [1.807, 2.05) is 32.0 Å². The van der Waals surface area contributed by atoms with Crippen molar-refractivity contribution in [3.63, 3.8) is 0 Å². The molecular formula is C21H30N2O5S. The Balaban J connectivity index is 2.67. The molecule has 0 radical (unpaired) electrons. The van der Waals surface area contributed by atoms with Gasteiger partial charge in [0.25, 0.3) is 0 Å². The molecule has 2 aromatic rings. The summed E-state index contributed by atoms with van der Waals surface area (Å²) in [6.07, 6.45) is -1.08. The molecule has 0 aliphatic carbocycles. The van der Waals surface area contributed by atoms with E-state index in [0.29, 0.717) is 22.9 Å². The maximum atomic E-state index is 12.8. The molecule has 0 saturated heterocycles. The first-order chi connectivity index (χ1) is 13.5. The van der Waals surface area contributed by atoms with Crippen molar-refractivity contribution in [3.8, 4) is 5.75 Å². The molecule has 2 rings (SSSR count). The van der Waals surface area contributed by atoms with Crippen LogP contribution in [0.25, 0.3) is 10.1 Å². The molecule has 1 atom stereocenters. The standard InChI is InChI=1S/C21H30N2O5S/c1-12(2)11-23(18(22)20(25)28-21(3,4)5)16-14-10-13(26-6)8-9-15(14)29-17(16)19(24)27-7/h8-10,12,18H,11,22H2,1-7H3. The quantitative estimate of drug-likeness (QED) is 0.536. The summed E-state index contributed by atoms with van der Waals surface area (Å²) in [7, 11) is 2.91. The zero-order chi connectivity index (χ0) is 21.9. The van der Waals surface area contributed by atoms with Crippen LogP contribution in [0.3, 0.4) is 0 Å². The van der Waals surface area contributed by atoms with Gasteiger partial charge in [0.2, 0.25) is 0 Å². The van der Waals surface area contributed by atoms with Crippen LogP contribution in [0.2, 0.25) is 0 Å². The Morgan fingerprint density at radius 1 is 1.21 bits per heavy atom. The van der Waals surface area contributed by atoms with Gasteiger partial charge >= 0.3 is 11.9 Å². The van der Waals surface area contributed by atoms with Crippen molar-refractivity contribution in [1.82, 2.24) is 0 Å². The molecule has 29 heavy (non-hydrogen) atoms. The Kier molecular flexibility index (Phi) is 7.13. The number of methoxy groups -OCH3 is 2. The van der Waals surface area contributed by atoms with E-state index in [-0.39, 0.29) is 5.92 Å². The second kappa shape index (κ2) is 9.00. The molecule has 8 heteroatoms. The highest BCUT2D eigenvalue weighted by Crippen LogP contribution is 2.41. The topological polar surface area (TPSA) is 91.1 Å². The smallest absolute Gasteiger partial charge is 0.350 e. The number of carbonyl (C=O) groups excluding carboxylic acids is 2. The number of hydrogen-bond donors (Lipinski definition) is 1. The zero-order valence-corrected chi connectivity index (χ0v) is 18.9. The number of fused-ring (bicyclic) bond motifs is 1. The third kappa shape index (κ3) is 5.39. The Bertz CT molecular complexity index is 885. The van der Waals surface area contributed by atoms with E-state index in [1.54, 1.807) is 32.8 Å². The minimum absolute atomic E-state index is 0.176. The van der Waals surface area contributed by atoms with Crippen LogP contribution in [-0.2, 0) is 14.3 Å². The normalized spacial score (nSPS) is 12.7. The van der Waals surface area contributed by atoms with Gasteiger partial charge in [0.05, 0.1) is 19.9 Å². The number of thiophene rings is 1. The molecule has 1 aromatic heterocycles. The van der Waals surface area contributed by atoms with Crippen LogP contribution in [-0.4, -0.2) is 44.5 Å². The highest BCUT2D eigenvalue weighted by Gasteiger charge is 2.33. The molecule has 1 aromatic carbocycles. The number of carbonyl (C=O) groups is 2. The summed E-state index contributed by atoms with van der Waals surface area (Å²) >= 11 is 1.29. The van der Waals surface area contributed by atoms with Gasteiger partial charge in [-0.15, -0.1) is 11.3 Å². The van der Waals surface area contributed by atoms with Gasteiger partial charge in [-0.1, -0.05) is 13.8 Å². The molecule has 0 aliphatic rings. The van der Waals surface area contributed by atoms with Gasteiger partial charge < -0.3 is 24.8 Å². The van der Waals surface area contributed by atoms with E-state index in [1.165, 1.54) is 18.4 Å². The van der Waals surface area contributed by atoms with Gasteiger partial charge in [-0.3, -0.25) is 0 Å². The van der Waals surface area contributed by atoms with Gasteiger partial charge in [-0.05, 0) is 44.9 Å². The number of nitrogens with zero attached hydrogens (tertiary/aromatic N) is 1. The van der Waals surface area contributed by atoms with Crippen molar-refractivity contribution in [2.24, 2.45) is 11.7 Å². The second-order valence-electron chi connectivity index (χ2n) is 8.16. The molecule has 160 valence electrons. The first-order valence-electron chi connectivity index (χ1n) is 9.42. The van der Waals surface area contributed by atoms with E-state index in [4.69, 9.17) is 19.9 Å². The SMILES string of the molecule is COC(=O)c1sc2ccc(OC)cc2c1N(CC(C)C)C(N)C(=O)OC(C)(C)C. The largest absolute Gasteiger partial charge is 0.497 e. The lowest BCUT2D eigenvalue weighted by Crippen LogP contribution is -2.52. The molecule has 0 aliphatic heterocycles. The van der Waals surface area contributed by atoms with Gasteiger partial charge in [-0.25, -0.2) is 9.59 Å². The summed E-state index contributed by atoms with van der Waals surface area (Å²) in [6, 6.07) is 5.54. The fraction of sp³-hybridized carbons (Fsp3) is 0.524. The summed E-state index contributed by atoms with van der Waals surface area (Å²) < 4.78 is 16.7. The van der Waals surface area contributed by atoms with Crippen LogP contribution < -0.4 is 15.4 Å². The first-order valence-corrected chi connectivity index (χ1v) is 10.2. The molecule has 1 heterocycles. The minimum atomic E-state index is -1.08. The van der Waals surface area contributed by atoms with Crippen molar-refractivity contribution in [2.75, 3.05) is 25.7 Å². The molecule has 7 nitrogen and oxygen atoms in total. The fourth-order valence-corrected chi connectivity index (χ4v) is 4.05. The third-order valence-corrected chi connectivity index (χ3v) is 5.21. The van der Waals surface area contributed by atoms with E-state index >= 15 is 0 Å². The summed E-state index contributed by atoms with van der Waals surface area (Å²) in [5.74, 6) is -0.223. The van der Waals surface area contributed by atoms with Crippen LogP contribution >= 0.6 is 11.3 Å². The zero-order valence-electron chi connectivity index (χ0n) is 18.1. The fourth-order valence-electron chi connectivity index (χ4n) is 2.93. The van der Waals surface area contributed by atoms with Crippen molar-refractivity contribution >= 4 is 39.0 Å². The number of nitrogens with two attached hydrogens (primary N) is 1. The van der Waals surface area contributed by atoms with Crippen LogP contribution in [0, 0.1) is 5.92 Å². The van der Waals surface area contributed by atoms with Crippen LogP contribution in [0.15, 0.2) is 18.2 Å². The van der Waals surface area contributed by atoms with Crippen molar-refractivity contribution in [1.29, 1.82) is 0 Å². The lowest BCUT2D eigenvalue weighted by Gasteiger charge is -2.33. The summed E-state index contributed by atoms with van der Waals surface area (Å²) in [5.41, 5.74) is 6.23. The molecule has 0 spiro atoms. The van der Waals surface area contributed by atoms with E-state index in [2.05, 4.69) is 0 Å². The molecule has 2 N–H and O–H groups in total. The van der Waals surface area contributed by atoms with E-state index < -0.39 is 23.7 Å². The Morgan fingerprint density at radius 3 is 2.38 bits per heavy atom. The Morgan fingerprint density at radius 2 is 1.86 bits per heavy atom. The van der Waals surface area contributed by atoms with E-state index in [0.717, 1.165) is 10.1 Å². The summed E-state index contributed by atoms with van der Waals surface area (Å²) in [6.45, 7) is 9.84. The average Bonchev–Trinajstić information content (AvgIpc) is 3.01. The minimum Gasteiger partial charge on any atom is -0.497 e. The molecular weight excluding hydrogens is 392 g/mol. The summed E-state index contributed by atoms with van der Waals surface area (Å²) in [4.78, 5) is 27.4. The molecule has 0 bridgehead atoms. The third-order valence-electron chi connectivity index (χ3n) is 4.07. The van der Waals surface area contributed by atoms with Crippen molar-refractivity contribution in [3.05, 3.63) is 23.1 Å². The highest BCUT2D eigenvalue weighted by atomic mass is 32.1. The molecule has 0 fully saturated rings. The van der Waals surface area contributed by atoms with E-state index in [9.17, 15) is 9.59 Å². The average molecular weight is 423 g/mol. The van der Waals surface area contributed by atoms with Gasteiger partial charge in [0, 0.05) is 16.6 Å². The summed E-state index contributed by atoms with van der Waals surface area (Å²) in [5, 5.41) is 0.773. The molecule has 0 amide bonds. The number of benzene rings is 1. The predicted molar refractivity (Wildman–Crippen MR) is 116 cm³/mol. The molecule has 0 saturated carbocycles. The van der Waals surface area contributed by atoms with Crippen LogP contribution in [0.1, 0.15) is 44.3 Å². The Hall–Kier alpha value is -2.32. The second-order valence-corrected chi connectivity index (χ2v) is 9.21.